The van der Waals surface area contributed by atoms with Crippen LogP contribution in [0, 0.1) is 17.1 Å². The topological polar surface area (TPSA) is 67.4 Å². The van der Waals surface area contributed by atoms with Gasteiger partial charge in [0.05, 0.1) is 17.7 Å². The van der Waals surface area contributed by atoms with Crippen LogP contribution in [0.1, 0.15) is 42.9 Å². The largest absolute Gasteiger partial charge is 0.217 e. The van der Waals surface area contributed by atoms with Gasteiger partial charge < -0.3 is 0 Å². The van der Waals surface area contributed by atoms with Crippen molar-refractivity contribution < 1.29 is 4.39 Å². The second kappa shape index (κ2) is 6.22. The minimum absolute atomic E-state index is 0.334. The second-order valence-electron chi connectivity index (χ2n) is 5.09. The van der Waals surface area contributed by atoms with Gasteiger partial charge >= 0.3 is 0 Å². The molecule has 1 aromatic carbocycles. The Morgan fingerprint density at radius 3 is 2.90 bits per heavy atom. The normalized spacial score (nSPS) is 15.2. The molecule has 0 atom stereocenters. The number of rotatable bonds is 4. The maximum Gasteiger partial charge on any atom is 0.209 e. The van der Waals surface area contributed by atoms with Crippen molar-refractivity contribution in [2.24, 2.45) is 0 Å². The molecule has 21 heavy (non-hydrogen) atoms. The van der Waals surface area contributed by atoms with E-state index in [2.05, 4.69) is 15.5 Å². The number of aromatic nitrogens is 4. The average molecular weight is 303 g/mol. The van der Waals surface area contributed by atoms with Crippen molar-refractivity contribution in [3.8, 4) is 6.07 Å². The van der Waals surface area contributed by atoms with E-state index in [4.69, 9.17) is 5.26 Å². The first-order valence-electron chi connectivity index (χ1n) is 6.86. The molecule has 0 bridgehead atoms. The summed E-state index contributed by atoms with van der Waals surface area (Å²) >= 11 is 1.47. The van der Waals surface area contributed by atoms with Crippen LogP contribution in [0.4, 0.5) is 4.39 Å². The van der Waals surface area contributed by atoms with E-state index < -0.39 is 0 Å². The van der Waals surface area contributed by atoms with Crippen molar-refractivity contribution in [3.63, 3.8) is 0 Å². The second-order valence-corrected chi connectivity index (χ2v) is 6.04. The summed E-state index contributed by atoms with van der Waals surface area (Å²) in [5.41, 5.74) is 1.10. The Morgan fingerprint density at radius 2 is 2.14 bits per heavy atom. The summed E-state index contributed by atoms with van der Waals surface area (Å²) < 4.78 is 15.3. The Hall–Kier alpha value is -1.94. The highest BCUT2D eigenvalue weighted by atomic mass is 32.2. The number of hydrogen-bond donors (Lipinski definition) is 0. The van der Waals surface area contributed by atoms with Crippen LogP contribution in [0.15, 0.2) is 23.4 Å². The Balaban J connectivity index is 1.72. The van der Waals surface area contributed by atoms with Gasteiger partial charge in [-0.3, -0.25) is 0 Å². The monoisotopic (exact) mass is 303 g/mol. The summed E-state index contributed by atoms with van der Waals surface area (Å²) in [7, 11) is 0. The Bertz CT molecular complexity index is 672. The van der Waals surface area contributed by atoms with E-state index >= 15 is 0 Å². The van der Waals surface area contributed by atoms with Gasteiger partial charge in [-0.05, 0) is 47.0 Å². The zero-order valence-electron chi connectivity index (χ0n) is 11.4. The van der Waals surface area contributed by atoms with Gasteiger partial charge in [0.15, 0.2) is 0 Å². The lowest BCUT2D eigenvalue weighted by atomic mass is 10.1. The van der Waals surface area contributed by atoms with Crippen LogP contribution in [0.2, 0.25) is 0 Å². The number of thioether (sulfide) groups is 1. The first-order chi connectivity index (χ1) is 10.3. The van der Waals surface area contributed by atoms with Crippen molar-refractivity contribution in [2.45, 2.75) is 42.6 Å². The molecule has 0 amide bonds. The van der Waals surface area contributed by atoms with Crippen LogP contribution in [0.5, 0.6) is 0 Å². The first-order valence-corrected chi connectivity index (χ1v) is 7.85. The molecular formula is C14H14FN5S. The molecule has 5 nitrogen and oxygen atoms in total. The van der Waals surface area contributed by atoms with E-state index in [1.165, 1.54) is 36.7 Å². The zero-order valence-corrected chi connectivity index (χ0v) is 12.2. The van der Waals surface area contributed by atoms with Gasteiger partial charge in [0.1, 0.15) is 5.82 Å². The van der Waals surface area contributed by atoms with Gasteiger partial charge in [0.2, 0.25) is 5.16 Å². The number of benzene rings is 1. The maximum absolute atomic E-state index is 13.4. The van der Waals surface area contributed by atoms with E-state index in [0.717, 1.165) is 23.6 Å². The molecule has 1 fully saturated rings. The minimum Gasteiger partial charge on any atom is -0.217 e. The van der Waals surface area contributed by atoms with E-state index in [0.29, 0.717) is 17.4 Å². The van der Waals surface area contributed by atoms with E-state index in [1.54, 1.807) is 6.07 Å². The molecule has 2 aromatic rings. The van der Waals surface area contributed by atoms with Gasteiger partial charge in [-0.2, -0.15) is 5.26 Å². The predicted molar refractivity (Wildman–Crippen MR) is 76.0 cm³/mol. The highest BCUT2D eigenvalue weighted by Crippen LogP contribution is 2.32. The molecule has 1 aliphatic carbocycles. The van der Waals surface area contributed by atoms with Gasteiger partial charge in [0, 0.05) is 5.75 Å². The van der Waals surface area contributed by atoms with Crippen LogP contribution in [-0.2, 0) is 5.75 Å². The van der Waals surface area contributed by atoms with Crippen molar-refractivity contribution in [2.75, 3.05) is 0 Å². The van der Waals surface area contributed by atoms with E-state index in [-0.39, 0.29) is 5.82 Å². The summed E-state index contributed by atoms with van der Waals surface area (Å²) in [5.74, 6) is 0.152. The molecular weight excluding hydrogens is 289 g/mol. The number of nitriles is 1. The number of nitrogens with zero attached hydrogens (tertiary/aromatic N) is 5. The van der Waals surface area contributed by atoms with Crippen LogP contribution >= 0.6 is 11.8 Å². The van der Waals surface area contributed by atoms with Crippen LogP contribution < -0.4 is 0 Å². The third kappa shape index (κ3) is 3.22. The molecule has 108 valence electrons. The predicted octanol–water partition coefficient (Wildman–Crippen LogP) is 3.09. The molecule has 1 saturated carbocycles. The Kier molecular flexibility index (Phi) is 4.15. The lowest BCUT2D eigenvalue weighted by Gasteiger charge is -2.10. The SMILES string of the molecule is N#Cc1cc(F)cc(CSc2nnnn2C2CCCC2)c1. The molecule has 7 heteroatoms. The number of hydrogen-bond acceptors (Lipinski definition) is 5. The summed E-state index contributed by atoms with van der Waals surface area (Å²) in [5, 5.41) is 21.5. The number of tetrazole rings is 1. The van der Waals surface area contributed by atoms with E-state index in [1.807, 2.05) is 10.8 Å². The molecule has 1 aromatic heterocycles. The average Bonchev–Trinajstić information content (AvgIpc) is 3.15. The molecule has 0 radical (unpaired) electrons. The molecule has 0 unspecified atom stereocenters. The number of halogens is 1. The molecule has 0 aliphatic heterocycles. The fourth-order valence-electron chi connectivity index (χ4n) is 2.60. The molecule has 0 spiro atoms. The molecule has 0 N–H and O–H groups in total. The van der Waals surface area contributed by atoms with Crippen molar-refractivity contribution in [1.29, 1.82) is 5.26 Å². The molecule has 3 rings (SSSR count). The third-order valence-corrected chi connectivity index (χ3v) is 4.59. The highest BCUT2D eigenvalue weighted by Gasteiger charge is 2.21. The Morgan fingerprint density at radius 1 is 1.33 bits per heavy atom. The van der Waals surface area contributed by atoms with Crippen LogP contribution in [-0.4, -0.2) is 20.2 Å². The van der Waals surface area contributed by atoms with Gasteiger partial charge in [0.25, 0.3) is 0 Å². The standard InChI is InChI=1S/C14H14FN5S/c15-12-6-10(8-16)5-11(7-12)9-21-14-17-18-19-20(14)13-3-1-2-4-13/h5-7,13H,1-4,9H2. The lowest BCUT2D eigenvalue weighted by Crippen LogP contribution is -2.08. The lowest BCUT2D eigenvalue weighted by molar-refractivity contribution is 0.423. The van der Waals surface area contributed by atoms with E-state index in [9.17, 15) is 4.39 Å². The molecule has 1 heterocycles. The quantitative estimate of drug-likeness (QED) is 0.812. The van der Waals surface area contributed by atoms with Crippen LogP contribution in [0.3, 0.4) is 0 Å². The van der Waals surface area contributed by atoms with Gasteiger partial charge in [-0.25, -0.2) is 9.07 Å². The molecule has 0 saturated heterocycles. The fourth-order valence-corrected chi connectivity index (χ4v) is 3.48. The summed E-state index contributed by atoms with van der Waals surface area (Å²) in [6.07, 6.45) is 4.64. The van der Waals surface area contributed by atoms with Crippen molar-refractivity contribution in [3.05, 3.63) is 35.1 Å². The molecule has 1 aliphatic rings. The maximum atomic E-state index is 13.4. The summed E-state index contributed by atoms with van der Waals surface area (Å²) in [6, 6.07) is 6.71. The first kappa shape index (κ1) is 14.0. The highest BCUT2D eigenvalue weighted by molar-refractivity contribution is 7.98. The van der Waals surface area contributed by atoms with Gasteiger partial charge in [-0.1, -0.05) is 24.6 Å². The third-order valence-electron chi connectivity index (χ3n) is 3.59. The fraction of sp³-hybridized carbons (Fsp3) is 0.429. The summed E-state index contributed by atoms with van der Waals surface area (Å²) in [4.78, 5) is 0. The van der Waals surface area contributed by atoms with Crippen molar-refractivity contribution in [1.82, 2.24) is 20.2 Å². The minimum atomic E-state index is -0.389. The van der Waals surface area contributed by atoms with Crippen LogP contribution in [0.25, 0.3) is 0 Å². The zero-order chi connectivity index (χ0) is 14.7. The summed E-state index contributed by atoms with van der Waals surface area (Å²) in [6.45, 7) is 0. The van der Waals surface area contributed by atoms with Crippen molar-refractivity contribution >= 4 is 11.8 Å². The smallest absolute Gasteiger partial charge is 0.209 e. The van der Waals surface area contributed by atoms with Gasteiger partial charge in [-0.15, -0.1) is 5.10 Å². The Labute approximate surface area is 126 Å².